The van der Waals surface area contributed by atoms with Crippen LogP contribution in [-0.4, -0.2) is 17.4 Å². The smallest absolute Gasteiger partial charge is 0.149 e. The molecule has 0 rings (SSSR count). The Bertz CT molecular complexity index is 179. The molecule has 0 aliphatic heterocycles. The number of carbonyl (C=O) groups excluding carboxylic acids is 1. The molecule has 0 fully saturated rings. The van der Waals surface area contributed by atoms with Gasteiger partial charge in [-0.3, -0.25) is 4.79 Å². The predicted octanol–water partition coefficient (Wildman–Crippen LogP) is 2.77. The highest BCUT2D eigenvalue weighted by Crippen LogP contribution is 2.11. The van der Waals surface area contributed by atoms with E-state index in [2.05, 4.69) is 39.9 Å². The van der Waals surface area contributed by atoms with Crippen LogP contribution in [0, 0.1) is 5.92 Å². The molecule has 0 aromatic carbocycles. The Hall–Kier alpha value is -0.370. The van der Waals surface area contributed by atoms with Gasteiger partial charge in [0.2, 0.25) is 0 Å². The lowest BCUT2D eigenvalue weighted by atomic mass is 9.96. The fraction of sp³-hybridized carbons (Fsp3) is 0.917. The molecule has 0 saturated carbocycles. The van der Waals surface area contributed by atoms with E-state index in [1.165, 1.54) is 0 Å². The Morgan fingerprint density at radius 1 is 1.29 bits per heavy atom. The van der Waals surface area contributed by atoms with Crippen LogP contribution in [0.1, 0.15) is 54.4 Å². The van der Waals surface area contributed by atoms with Gasteiger partial charge in [-0.1, -0.05) is 20.8 Å². The van der Waals surface area contributed by atoms with E-state index in [-0.39, 0.29) is 11.6 Å². The Morgan fingerprint density at radius 3 is 2.07 bits per heavy atom. The van der Waals surface area contributed by atoms with Gasteiger partial charge >= 0.3 is 0 Å². The molecule has 0 aromatic rings. The number of Topliss-reactive ketones (excluding diaryl/α,β-unsaturated/α-hetero) is 1. The van der Waals surface area contributed by atoms with Crippen LogP contribution in [0.3, 0.4) is 0 Å². The lowest BCUT2D eigenvalue weighted by molar-refractivity contribution is -0.121. The molecule has 84 valence electrons. The molecule has 1 atom stereocenters. The van der Waals surface area contributed by atoms with E-state index in [9.17, 15) is 4.79 Å². The summed E-state index contributed by atoms with van der Waals surface area (Å²) < 4.78 is 0. The largest absolute Gasteiger partial charge is 0.303 e. The molecular formula is C12H25NO. The molecular weight excluding hydrogens is 174 g/mol. The monoisotopic (exact) mass is 199 g/mol. The van der Waals surface area contributed by atoms with Gasteiger partial charge in [0.05, 0.1) is 6.04 Å². The Balaban J connectivity index is 4.33. The molecule has 0 bridgehead atoms. The predicted molar refractivity (Wildman–Crippen MR) is 61.4 cm³/mol. The molecule has 0 amide bonds. The number of nitrogens with one attached hydrogen (secondary N) is 1. The van der Waals surface area contributed by atoms with Crippen molar-refractivity contribution in [3.05, 3.63) is 0 Å². The minimum Gasteiger partial charge on any atom is -0.303 e. The third kappa shape index (κ3) is 6.14. The van der Waals surface area contributed by atoms with Crippen molar-refractivity contribution in [2.75, 3.05) is 0 Å². The summed E-state index contributed by atoms with van der Waals surface area (Å²) in [6.45, 7) is 12.5. The molecule has 14 heavy (non-hydrogen) atoms. The van der Waals surface area contributed by atoms with Gasteiger partial charge in [-0.05, 0) is 33.1 Å². The molecule has 2 heteroatoms. The molecule has 0 aromatic heterocycles. The van der Waals surface area contributed by atoms with Gasteiger partial charge in [0.25, 0.3) is 0 Å². The summed E-state index contributed by atoms with van der Waals surface area (Å²) in [5, 5.41) is 3.39. The summed E-state index contributed by atoms with van der Waals surface area (Å²) in [7, 11) is 0. The van der Waals surface area contributed by atoms with Gasteiger partial charge in [0.15, 0.2) is 0 Å². The number of hydrogen-bond donors (Lipinski definition) is 1. The van der Waals surface area contributed by atoms with Gasteiger partial charge in [0.1, 0.15) is 5.78 Å². The van der Waals surface area contributed by atoms with Crippen molar-refractivity contribution in [1.82, 2.24) is 5.32 Å². The molecule has 2 nitrogen and oxygen atoms in total. The highest BCUT2D eigenvalue weighted by molar-refractivity contribution is 5.83. The van der Waals surface area contributed by atoms with E-state index in [1.54, 1.807) is 0 Å². The molecule has 0 heterocycles. The summed E-state index contributed by atoms with van der Waals surface area (Å²) >= 11 is 0. The van der Waals surface area contributed by atoms with E-state index in [1.807, 2.05) is 6.92 Å². The fourth-order valence-corrected chi connectivity index (χ4v) is 1.51. The maximum Gasteiger partial charge on any atom is 0.149 e. The van der Waals surface area contributed by atoms with Crippen LogP contribution in [0.25, 0.3) is 0 Å². The molecule has 0 saturated heterocycles. The lowest BCUT2D eigenvalue weighted by Crippen LogP contribution is -2.48. The Morgan fingerprint density at radius 2 is 1.79 bits per heavy atom. The van der Waals surface area contributed by atoms with Crippen LogP contribution in [0.5, 0.6) is 0 Å². The summed E-state index contributed by atoms with van der Waals surface area (Å²) in [5.41, 5.74) is 0.0182. The van der Waals surface area contributed by atoms with Crippen LogP contribution < -0.4 is 5.32 Å². The first-order chi connectivity index (χ1) is 6.26. The highest BCUT2D eigenvalue weighted by Gasteiger charge is 2.22. The zero-order valence-corrected chi connectivity index (χ0v) is 10.5. The van der Waals surface area contributed by atoms with Gasteiger partial charge in [-0.25, -0.2) is 0 Å². The quantitative estimate of drug-likeness (QED) is 0.737. The number of ketones is 1. The van der Waals surface area contributed by atoms with Gasteiger partial charge < -0.3 is 5.32 Å². The van der Waals surface area contributed by atoms with E-state index in [0.29, 0.717) is 18.1 Å². The van der Waals surface area contributed by atoms with Crippen molar-refractivity contribution in [1.29, 1.82) is 0 Å². The first-order valence-electron chi connectivity index (χ1n) is 5.56. The first-order valence-corrected chi connectivity index (χ1v) is 5.56. The second-order valence-corrected chi connectivity index (χ2v) is 5.40. The van der Waals surface area contributed by atoms with Crippen LogP contribution in [-0.2, 0) is 4.79 Å². The Kier molecular flexibility index (Phi) is 5.35. The van der Waals surface area contributed by atoms with Crippen molar-refractivity contribution in [2.45, 2.75) is 66.0 Å². The highest BCUT2D eigenvalue weighted by atomic mass is 16.1. The van der Waals surface area contributed by atoms with Crippen molar-refractivity contribution < 1.29 is 4.79 Å². The summed E-state index contributed by atoms with van der Waals surface area (Å²) in [4.78, 5) is 11.7. The zero-order chi connectivity index (χ0) is 11.4. The second-order valence-electron chi connectivity index (χ2n) is 5.40. The maximum atomic E-state index is 11.7. The molecule has 0 spiro atoms. The third-order valence-electron chi connectivity index (χ3n) is 2.05. The Labute approximate surface area is 88.5 Å². The molecule has 1 N–H and O–H groups in total. The number of carbonyl (C=O) groups is 1. The first kappa shape index (κ1) is 13.6. The van der Waals surface area contributed by atoms with Crippen LogP contribution in [0.15, 0.2) is 0 Å². The molecule has 0 radical (unpaired) electrons. The van der Waals surface area contributed by atoms with Crippen LogP contribution in [0.4, 0.5) is 0 Å². The zero-order valence-electron chi connectivity index (χ0n) is 10.5. The number of rotatable bonds is 5. The normalized spacial score (nSPS) is 14.5. The second kappa shape index (κ2) is 5.50. The van der Waals surface area contributed by atoms with Crippen molar-refractivity contribution >= 4 is 5.78 Å². The topological polar surface area (TPSA) is 29.1 Å². The standard InChI is InChI=1S/C12H25NO/c1-7-11(14)10(8-9(2)3)13-12(4,5)6/h9-10,13H,7-8H2,1-6H3/t10-/m1/s1. The van der Waals surface area contributed by atoms with Gasteiger partial charge in [-0.15, -0.1) is 0 Å². The molecule has 0 aliphatic carbocycles. The average Bonchev–Trinajstić information content (AvgIpc) is 1.98. The van der Waals surface area contributed by atoms with Gasteiger partial charge in [0, 0.05) is 12.0 Å². The van der Waals surface area contributed by atoms with Crippen LogP contribution in [0.2, 0.25) is 0 Å². The summed E-state index contributed by atoms with van der Waals surface area (Å²) in [5.74, 6) is 0.888. The average molecular weight is 199 g/mol. The molecule has 0 aliphatic rings. The van der Waals surface area contributed by atoms with E-state index >= 15 is 0 Å². The third-order valence-corrected chi connectivity index (χ3v) is 2.05. The SMILES string of the molecule is CCC(=O)[C@@H](CC(C)C)NC(C)(C)C. The van der Waals surface area contributed by atoms with E-state index < -0.39 is 0 Å². The van der Waals surface area contributed by atoms with Gasteiger partial charge in [-0.2, -0.15) is 0 Å². The minimum atomic E-state index is 0.0182. The van der Waals surface area contributed by atoms with E-state index in [0.717, 1.165) is 6.42 Å². The van der Waals surface area contributed by atoms with Crippen LogP contribution >= 0.6 is 0 Å². The van der Waals surface area contributed by atoms with E-state index in [4.69, 9.17) is 0 Å². The maximum absolute atomic E-state index is 11.7. The summed E-state index contributed by atoms with van der Waals surface area (Å²) in [6.07, 6.45) is 1.56. The summed E-state index contributed by atoms with van der Waals surface area (Å²) in [6, 6.07) is 0.0278. The molecule has 0 unspecified atom stereocenters. The number of hydrogen-bond acceptors (Lipinski definition) is 2. The van der Waals surface area contributed by atoms with Crippen molar-refractivity contribution in [3.63, 3.8) is 0 Å². The van der Waals surface area contributed by atoms with Crippen molar-refractivity contribution in [2.24, 2.45) is 5.92 Å². The fourth-order valence-electron chi connectivity index (χ4n) is 1.51. The van der Waals surface area contributed by atoms with Crippen molar-refractivity contribution in [3.8, 4) is 0 Å². The lowest BCUT2D eigenvalue weighted by Gasteiger charge is -2.28. The minimum absolute atomic E-state index is 0.0182.